The molecular weight excluding hydrogens is 344 g/mol. The van der Waals surface area contributed by atoms with Crippen molar-refractivity contribution in [1.29, 1.82) is 0 Å². The van der Waals surface area contributed by atoms with Crippen LogP contribution in [0.4, 0.5) is 14.5 Å². The summed E-state index contributed by atoms with van der Waals surface area (Å²) < 4.78 is 26.4. The van der Waals surface area contributed by atoms with Crippen molar-refractivity contribution in [1.82, 2.24) is 0 Å². The Morgan fingerprint density at radius 3 is 2.24 bits per heavy atom. The van der Waals surface area contributed by atoms with E-state index in [1.165, 1.54) is 35.6 Å². The lowest BCUT2D eigenvalue weighted by Crippen LogP contribution is -2.11. The van der Waals surface area contributed by atoms with Crippen molar-refractivity contribution in [2.24, 2.45) is 0 Å². The molecule has 3 nitrogen and oxygen atoms in total. The Morgan fingerprint density at radius 2 is 1.64 bits per heavy atom. The third kappa shape index (κ3) is 4.03. The number of rotatable bonds is 4. The van der Waals surface area contributed by atoms with Gasteiger partial charge in [0.2, 0.25) is 0 Å². The summed E-state index contributed by atoms with van der Waals surface area (Å²) in [6.07, 6.45) is 0. The van der Waals surface area contributed by atoms with E-state index in [1.807, 2.05) is 6.07 Å². The number of anilines is 1. The van der Waals surface area contributed by atoms with Crippen molar-refractivity contribution >= 4 is 22.9 Å². The van der Waals surface area contributed by atoms with Gasteiger partial charge < -0.3 is 10.4 Å². The number of alkyl halides is 2. The summed E-state index contributed by atoms with van der Waals surface area (Å²) in [5, 5.41) is 12.0. The van der Waals surface area contributed by atoms with Crippen molar-refractivity contribution in [2.75, 3.05) is 5.32 Å². The highest BCUT2D eigenvalue weighted by atomic mass is 32.1. The molecule has 0 aliphatic carbocycles. The Hall–Kier alpha value is -2.73. The number of hydrogen-bond acceptors (Lipinski definition) is 3. The van der Waals surface area contributed by atoms with Crippen molar-refractivity contribution < 1.29 is 18.7 Å². The number of thiophene rings is 1. The molecule has 0 saturated heterocycles. The van der Waals surface area contributed by atoms with Gasteiger partial charge in [0.05, 0.1) is 4.88 Å². The van der Waals surface area contributed by atoms with Crippen LogP contribution in [-0.4, -0.2) is 11.0 Å². The van der Waals surface area contributed by atoms with E-state index in [4.69, 9.17) is 0 Å². The molecule has 0 aliphatic heterocycles. The summed E-state index contributed by atoms with van der Waals surface area (Å²) in [6.45, 7) is 0.830. The van der Waals surface area contributed by atoms with Crippen LogP contribution in [0.1, 0.15) is 22.2 Å². The number of carbonyl (C=O) groups excluding carboxylic acids is 1. The van der Waals surface area contributed by atoms with Gasteiger partial charge in [0, 0.05) is 23.1 Å². The van der Waals surface area contributed by atoms with Crippen molar-refractivity contribution in [3.63, 3.8) is 0 Å². The topological polar surface area (TPSA) is 49.3 Å². The van der Waals surface area contributed by atoms with E-state index in [0.29, 0.717) is 10.6 Å². The van der Waals surface area contributed by atoms with Gasteiger partial charge in [-0.15, -0.1) is 11.3 Å². The molecule has 25 heavy (non-hydrogen) atoms. The fraction of sp³-hybridized carbons (Fsp3) is 0.105. The Balaban J connectivity index is 1.72. The molecule has 0 spiro atoms. The minimum Gasteiger partial charge on any atom is -0.508 e. The van der Waals surface area contributed by atoms with E-state index in [2.05, 4.69) is 5.32 Å². The Labute approximate surface area is 147 Å². The average Bonchev–Trinajstić information content (AvgIpc) is 3.05. The molecule has 128 valence electrons. The second-order valence-corrected chi connectivity index (χ2v) is 6.71. The number of phenols is 1. The molecule has 0 unspecified atom stereocenters. The third-order valence-corrected chi connectivity index (χ3v) is 4.76. The predicted octanol–water partition coefficient (Wildman–Crippen LogP) is 5.48. The molecular formula is C19H15F2NO2S. The Kier molecular flexibility index (Phi) is 4.55. The highest BCUT2D eigenvalue weighted by Gasteiger charge is 2.23. The van der Waals surface area contributed by atoms with E-state index in [1.54, 1.807) is 30.3 Å². The van der Waals surface area contributed by atoms with Crippen molar-refractivity contribution in [2.45, 2.75) is 12.8 Å². The largest absolute Gasteiger partial charge is 0.508 e. The zero-order chi connectivity index (χ0) is 18.0. The molecule has 0 bridgehead atoms. The number of nitrogens with one attached hydrogen (secondary N) is 1. The second-order valence-electron chi connectivity index (χ2n) is 5.63. The molecule has 0 fully saturated rings. The number of phenolic OH excluding ortho intramolecular Hbond substituents is 1. The first kappa shape index (κ1) is 17.1. The van der Waals surface area contributed by atoms with Crippen LogP contribution in [0.15, 0.2) is 60.7 Å². The molecule has 1 aromatic heterocycles. The van der Waals surface area contributed by atoms with E-state index >= 15 is 0 Å². The second kappa shape index (κ2) is 6.64. The smallest absolute Gasteiger partial charge is 0.270 e. The standard InChI is InChI=1S/C19H15F2NO2S/c1-19(20,21)13-4-6-14(7-5-13)22-18(24)17-11-10-16(25-17)12-2-8-15(23)9-3-12/h2-11,23H,1H3,(H,22,24). The van der Waals surface area contributed by atoms with Gasteiger partial charge in [0.25, 0.3) is 11.8 Å². The summed E-state index contributed by atoms with van der Waals surface area (Å²) in [5.41, 5.74) is 1.25. The van der Waals surface area contributed by atoms with Gasteiger partial charge in [0.1, 0.15) is 5.75 Å². The van der Waals surface area contributed by atoms with Crippen LogP contribution in [0, 0.1) is 0 Å². The number of aromatic hydroxyl groups is 1. The maximum Gasteiger partial charge on any atom is 0.270 e. The number of amides is 1. The lowest BCUT2D eigenvalue weighted by atomic mass is 10.1. The van der Waals surface area contributed by atoms with Gasteiger partial charge in [-0.25, -0.2) is 8.78 Å². The molecule has 3 rings (SSSR count). The van der Waals surface area contributed by atoms with Crippen LogP contribution in [0.2, 0.25) is 0 Å². The highest BCUT2D eigenvalue weighted by Crippen LogP contribution is 2.30. The fourth-order valence-corrected chi connectivity index (χ4v) is 3.19. The molecule has 0 atom stereocenters. The highest BCUT2D eigenvalue weighted by molar-refractivity contribution is 7.17. The number of carbonyl (C=O) groups is 1. The van der Waals surface area contributed by atoms with Gasteiger partial charge >= 0.3 is 0 Å². The minimum atomic E-state index is -2.91. The molecule has 0 aliphatic rings. The van der Waals surface area contributed by atoms with Gasteiger partial charge in [-0.3, -0.25) is 4.79 Å². The average molecular weight is 359 g/mol. The molecule has 6 heteroatoms. The molecule has 2 aromatic carbocycles. The van der Waals surface area contributed by atoms with Crippen LogP contribution >= 0.6 is 11.3 Å². The molecule has 0 radical (unpaired) electrons. The van der Waals surface area contributed by atoms with Gasteiger partial charge in [-0.05, 0) is 54.1 Å². The maximum atomic E-state index is 13.2. The fourth-order valence-electron chi connectivity index (χ4n) is 2.28. The van der Waals surface area contributed by atoms with Crippen molar-refractivity contribution in [3.05, 3.63) is 71.1 Å². The van der Waals surface area contributed by atoms with E-state index in [-0.39, 0.29) is 17.2 Å². The lowest BCUT2D eigenvalue weighted by Gasteiger charge is -2.11. The monoisotopic (exact) mass is 359 g/mol. The normalized spacial score (nSPS) is 11.3. The Bertz CT molecular complexity index is 881. The zero-order valence-corrected chi connectivity index (χ0v) is 14.1. The number of hydrogen-bond donors (Lipinski definition) is 2. The van der Waals surface area contributed by atoms with E-state index in [0.717, 1.165) is 17.4 Å². The van der Waals surface area contributed by atoms with Crippen LogP contribution in [0.3, 0.4) is 0 Å². The molecule has 2 N–H and O–H groups in total. The zero-order valence-electron chi connectivity index (χ0n) is 13.3. The molecule has 3 aromatic rings. The predicted molar refractivity (Wildman–Crippen MR) is 95.4 cm³/mol. The third-order valence-electron chi connectivity index (χ3n) is 3.63. The lowest BCUT2D eigenvalue weighted by molar-refractivity contribution is 0.0175. The van der Waals surface area contributed by atoms with Crippen LogP contribution in [0.5, 0.6) is 5.75 Å². The van der Waals surface area contributed by atoms with Gasteiger partial charge in [0.15, 0.2) is 0 Å². The SMILES string of the molecule is CC(F)(F)c1ccc(NC(=O)c2ccc(-c3ccc(O)cc3)s2)cc1. The first-order valence-electron chi connectivity index (χ1n) is 7.52. The summed E-state index contributed by atoms with van der Waals surface area (Å²) >= 11 is 1.31. The van der Waals surface area contributed by atoms with Gasteiger partial charge in [-0.2, -0.15) is 0 Å². The minimum absolute atomic E-state index is 0.101. The molecule has 0 saturated carbocycles. The summed E-state index contributed by atoms with van der Waals surface area (Å²) in [4.78, 5) is 13.7. The number of halogens is 2. The van der Waals surface area contributed by atoms with Crippen LogP contribution in [0.25, 0.3) is 10.4 Å². The van der Waals surface area contributed by atoms with E-state index < -0.39 is 5.92 Å². The first-order chi connectivity index (χ1) is 11.8. The summed E-state index contributed by atoms with van der Waals surface area (Å²) in [6, 6.07) is 15.7. The molecule has 1 amide bonds. The number of benzene rings is 2. The maximum absolute atomic E-state index is 13.2. The van der Waals surface area contributed by atoms with E-state index in [9.17, 15) is 18.7 Å². The van der Waals surface area contributed by atoms with Crippen LogP contribution < -0.4 is 5.32 Å². The van der Waals surface area contributed by atoms with Gasteiger partial charge in [-0.1, -0.05) is 12.1 Å². The summed E-state index contributed by atoms with van der Waals surface area (Å²) in [7, 11) is 0. The van der Waals surface area contributed by atoms with Crippen LogP contribution in [-0.2, 0) is 5.92 Å². The Morgan fingerprint density at radius 1 is 1.00 bits per heavy atom. The first-order valence-corrected chi connectivity index (χ1v) is 8.33. The summed E-state index contributed by atoms with van der Waals surface area (Å²) in [5.74, 6) is -3.03. The quantitative estimate of drug-likeness (QED) is 0.648. The van der Waals surface area contributed by atoms with Crippen molar-refractivity contribution in [3.8, 4) is 16.2 Å². The molecule has 1 heterocycles.